The number of benzene rings is 1. The predicted octanol–water partition coefficient (Wildman–Crippen LogP) is 2.66. The number of nitrogens with one attached hydrogen (secondary N) is 3. The Morgan fingerprint density at radius 3 is 2.76 bits per heavy atom. The van der Waals surface area contributed by atoms with E-state index in [0.717, 1.165) is 38.1 Å². The van der Waals surface area contributed by atoms with Crippen LogP contribution in [0.1, 0.15) is 41.6 Å². The molecule has 1 aromatic carbocycles. The van der Waals surface area contributed by atoms with Gasteiger partial charge in [-0.3, -0.25) is 19.6 Å². The lowest BCUT2D eigenvalue weighted by Crippen LogP contribution is -2.46. The minimum Gasteiger partial charge on any atom is -0.480 e. The number of carboxylic acids is 1. The first-order valence-electron chi connectivity index (χ1n) is 10.7. The molecule has 174 valence electrons. The van der Waals surface area contributed by atoms with Gasteiger partial charge in [-0.25, -0.2) is 4.79 Å². The van der Waals surface area contributed by atoms with Gasteiger partial charge < -0.3 is 21.1 Å². The van der Waals surface area contributed by atoms with E-state index in [1.807, 2.05) is 0 Å². The molecule has 0 saturated carbocycles. The van der Waals surface area contributed by atoms with Gasteiger partial charge in [0.1, 0.15) is 11.9 Å². The molecule has 0 radical (unpaired) electrons. The summed E-state index contributed by atoms with van der Waals surface area (Å²) >= 11 is 6.12. The van der Waals surface area contributed by atoms with Crippen LogP contribution in [-0.2, 0) is 16.0 Å². The zero-order valence-corrected chi connectivity index (χ0v) is 18.8. The summed E-state index contributed by atoms with van der Waals surface area (Å²) in [5.41, 5.74) is 1.48. The molecule has 3 rings (SSSR count). The molecule has 1 atom stereocenters. The van der Waals surface area contributed by atoms with E-state index in [2.05, 4.69) is 25.9 Å². The summed E-state index contributed by atoms with van der Waals surface area (Å²) in [6, 6.07) is 7.07. The highest BCUT2D eigenvalue weighted by Crippen LogP contribution is 2.22. The van der Waals surface area contributed by atoms with Crippen LogP contribution in [0, 0.1) is 0 Å². The molecular weight excluding hydrogens is 446 g/mol. The van der Waals surface area contributed by atoms with Gasteiger partial charge in [0.15, 0.2) is 0 Å². The summed E-state index contributed by atoms with van der Waals surface area (Å²) in [6.07, 6.45) is 7.12. The molecule has 2 aromatic rings. The fraction of sp³-hybridized carbons (Fsp3) is 0.348. The number of amides is 2. The van der Waals surface area contributed by atoms with Gasteiger partial charge >= 0.3 is 5.97 Å². The quantitative estimate of drug-likeness (QED) is 0.468. The molecule has 0 saturated heterocycles. The number of aliphatic carboxylic acids is 1. The van der Waals surface area contributed by atoms with Gasteiger partial charge in [-0.2, -0.15) is 0 Å². The Hall–Kier alpha value is -3.46. The predicted molar refractivity (Wildman–Crippen MR) is 126 cm³/mol. The van der Waals surface area contributed by atoms with Crippen LogP contribution < -0.4 is 16.0 Å². The van der Waals surface area contributed by atoms with E-state index >= 15 is 0 Å². The fourth-order valence-electron chi connectivity index (χ4n) is 3.41. The Labute approximate surface area is 196 Å². The van der Waals surface area contributed by atoms with Crippen molar-refractivity contribution in [3.05, 3.63) is 58.9 Å². The van der Waals surface area contributed by atoms with E-state index in [-0.39, 0.29) is 13.0 Å². The molecule has 1 unspecified atom stereocenters. The van der Waals surface area contributed by atoms with Crippen molar-refractivity contribution < 1.29 is 19.5 Å². The first-order valence-corrected chi connectivity index (χ1v) is 11.1. The van der Waals surface area contributed by atoms with Gasteiger partial charge in [0.25, 0.3) is 5.91 Å². The highest BCUT2D eigenvalue weighted by molar-refractivity contribution is 6.31. The van der Waals surface area contributed by atoms with Crippen molar-refractivity contribution in [3.63, 3.8) is 0 Å². The number of nitrogens with zero attached hydrogens (tertiary/aromatic N) is 2. The van der Waals surface area contributed by atoms with Crippen molar-refractivity contribution >= 4 is 40.9 Å². The van der Waals surface area contributed by atoms with Crippen LogP contribution >= 0.6 is 11.6 Å². The summed E-state index contributed by atoms with van der Waals surface area (Å²) in [5.74, 6) is -1.48. The number of hydrogen-bond donors (Lipinski definition) is 4. The minimum absolute atomic E-state index is 0.0796. The van der Waals surface area contributed by atoms with Crippen molar-refractivity contribution in [2.75, 3.05) is 18.4 Å². The maximum absolute atomic E-state index is 12.8. The van der Waals surface area contributed by atoms with Gasteiger partial charge in [-0.15, -0.1) is 0 Å². The normalized spacial score (nSPS) is 14.4. The Morgan fingerprint density at radius 2 is 2.00 bits per heavy atom. The second-order valence-electron chi connectivity index (χ2n) is 7.66. The largest absolute Gasteiger partial charge is 0.480 e. The van der Waals surface area contributed by atoms with E-state index in [1.54, 1.807) is 36.5 Å². The third-order valence-electron chi connectivity index (χ3n) is 5.08. The van der Waals surface area contributed by atoms with Crippen LogP contribution in [0.25, 0.3) is 0 Å². The average molecular weight is 472 g/mol. The first-order chi connectivity index (χ1) is 15.9. The summed E-state index contributed by atoms with van der Waals surface area (Å²) in [4.78, 5) is 45.1. The van der Waals surface area contributed by atoms with E-state index in [1.165, 1.54) is 6.20 Å². The smallest absolute Gasteiger partial charge is 0.326 e. The number of pyridine rings is 1. The zero-order chi connectivity index (χ0) is 23.6. The average Bonchev–Trinajstić information content (AvgIpc) is 3.06. The molecule has 2 amide bonds. The molecule has 10 heteroatoms. The van der Waals surface area contributed by atoms with Crippen molar-refractivity contribution in [1.82, 2.24) is 15.6 Å². The van der Waals surface area contributed by atoms with E-state index in [4.69, 9.17) is 11.6 Å². The molecule has 0 aliphatic carbocycles. The number of halogens is 1. The number of aromatic nitrogens is 1. The maximum Gasteiger partial charge on any atom is 0.326 e. The number of carboxylic acid groups (broad SMARTS) is 1. The summed E-state index contributed by atoms with van der Waals surface area (Å²) in [7, 11) is 0. The van der Waals surface area contributed by atoms with Gasteiger partial charge in [-0.05, 0) is 42.7 Å². The zero-order valence-electron chi connectivity index (χ0n) is 18.0. The number of amidine groups is 1. The second-order valence-corrected chi connectivity index (χ2v) is 8.10. The second kappa shape index (κ2) is 12.0. The lowest BCUT2D eigenvalue weighted by molar-refractivity contribution is -0.141. The molecule has 1 aliphatic heterocycles. The van der Waals surface area contributed by atoms with Crippen LogP contribution in [-0.4, -0.2) is 52.8 Å². The Kier molecular flexibility index (Phi) is 8.77. The SMILES string of the molecule is O=C(CNC(=O)c1ccc(Cl)cc1NC1=NCCCCC1)NC(Cc1cccnc1)C(=O)O. The van der Waals surface area contributed by atoms with Crippen LogP contribution in [0.3, 0.4) is 0 Å². The molecule has 0 bridgehead atoms. The van der Waals surface area contributed by atoms with E-state index < -0.39 is 23.8 Å². The monoisotopic (exact) mass is 471 g/mol. The number of anilines is 1. The third kappa shape index (κ3) is 7.57. The fourth-order valence-corrected chi connectivity index (χ4v) is 3.58. The topological polar surface area (TPSA) is 133 Å². The van der Waals surface area contributed by atoms with Crippen LogP contribution in [0.2, 0.25) is 5.02 Å². The molecule has 1 aliphatic rings. The molecule has 0 fully saturated rings. The highest BCUT2D eigenvalue weighted by Gasteiger charge is 2.21. The minimum atomic E-state index is -1.17. The molecule has 0 spiro atoms. The van der Waals surface area contributed by atoms with Crippen LogP contribution in [0.15, 0.2) is 47.7 Å². The Balaban J connectivity index is 1.60. The van der Waals surface area contributed by atoms with Gasteiger partial charge in [-0.1, -0.05) is 24.1 Å². The third-order valence-corrected chi connectivity index (χ3v) is 5.32. The number of rotatable bonds is 8. The molecule has 33 heavy (non-hydrogen) atoms. The summed E-state index contributed by atoms with van der Waals surface area (Å²) in [6.45, 7) is 0.354. The van der Waals surface area contributed by atoms with E-state index in [0.29, 0.717) is 21.8 Å². The molecular formula is C23H26ClN5O4. The lowest BCUT2D eigenvalue weighted by atomic mass is 10.1. The molecule has 1 aromatic heterocycles. The van der Waals surface area contributed by atoms with Gasteiger partial charge in [0.05, 0.1) is 17.8 Å². The molecule has 4 N–H and O–H groups in total. The van der Waals surface area contributed by atoms with Crippen LogP contribution in [0.4, 0.5) is 5.69 Å². The van der Waals surface area contributed by atoms with Gasteiger partial charge in [0, 0.05) is 36.8 Å². The highest BCUT2D eigenvalue weighted by atomic mass is 35.5. The van der Waals surface area contributed by atoms with Crippen molar-refractivity contribution in [2.45, 2.75) is 38.1 Å². The molecule has 9 nitrogen and oxygen atoms in total. The van der Waals surface area contributed by atoms with Crippen molar-refractivity contribution in [2.24, 2.45) is 4.99 Å². The van der Waals surface area contributed by atoms with Crippen LogP contribution in [0.5, 0.6) is 0 Å². The number of hydrogen-bond acceptors (Lipinski definition) is 6. The maximum atomic E-state index is 12.8. The number of carbonyl (C=O) groups excluding carboxylic acids is 2. The number of carbonyl (C=O) groups is 3. The molecule has 2 heterocycles. The Morgan fingerprint density at radius 1 is 1.15 bits per heavy atom. The van der Waals surface area contributed by atoms with E-state index in [9.17, 15) is 19.5 Å². The summed E-state index contributed by atoms with van der Waals surface area (Å²) in [5, 5.41) is 18.0. The van der Waals surface area contributed by atoms with Crippen molar-refractivity contribution in [1.29, 1.82) is 0 Å². The standard InChI is InChI=1S/C23H26ClN5O4/c24-16-7-8-17(18(12-16)28-20-6-2-1-3-10-26-20)22(31)27-14-21(30)29-19(23(32)33)11-15-5-4-9-25-13-15/h4-5,7-9,12-13,19H,1-3,6,10-11,14H2,(H,26,28)(H,27,31)(H,29,30)(H,32,33). The lowest BCUT2D eigenvalue weighted by Gasteiger charge is -2.16. The first kappa shape index (κ1) is 24.2. The summed E-state index contributed by atoms with van der Waals surface area (Å²) < 4.78 is 0. The van der Waals surface area contributed by atoms with Gasteiger partial charge in [0.2, 0.25) is 5.91 Å². The number of aliphatic imine (C=N–C) groups is 1. The Bertz CT molecular complexity index is 1030. The van der Waals surface area contributed by atoms with Crippen molar-refractivity contribution in [3.8, 4) is 0 Å².